The van der Waals surface area contributed by atoms with Crippen LogP contribution in [0.2, 0.25) is 0 Å². The van der Waals surface area contributed by atoms with Gasteiger partial charge in [-0.15, -0.1) is 0 Å². The standard InChI is InChI=1S/C11H21NOS/c1-9-7-5-6-8-12(9)10(14)13-11(2,3)4/h9H,5-8H2,1-4H3. The third-order valence-electron chi connectivity index (χ3n) is 2.43. The van der Waals surface area contributed by atoms with Crippen molar-refractivity contribution in [3.63, 3.8) is 0 Å². The van der Waals surface area contributed by atoms with Crippen LogP contribution in [0.4, 0.5) is 0 Å². The molecule has 0 saturated carbocycles. The molecule has 1 aliphatic rings. The molecule has 0 spiro atoms. The van der Waals surface area contributed by atoms with Gasteiger partial charge in [-0.25, -0.2) is 0 Å². The molecule has 3 heteroatoms. The SMILES string of the molecule is CC1CCCCN1C(=S)OC(C)(C)C. The first-order chi connectivity index (χ1) is 6.40. The molecule has 1 heterocycles. The van der Waals surface area contributed by atoms with E-state index in [-0.39, 0.29) is 5.60 Å². The summed E-state index contributed by atoms with van der Waals surface area (Å²) >= 11 is 5.30. The molecule has 1 atom stereocenters. The second kappa shape index (κ2) is 4.47. The Morgan fingerprint density at radius 2 is 2.00 bits per heavy atom. The molecule has 0 aliphatic carbocycles. The van der Waals surface area contributed by atoms with Crippen molar-refractivity contribution in [3.8, 4) is 0 Å². The maximum atomic E-state index is 5.70. The Morgan fingerprint density at radius 1 is 1.36 bits per heavy atom. The number of piperidine rings is 1. The molecule has 0 N–H and O–H groups in total. The topological polar surface area (TPSA) is 12.5 Å². The quantitative estimate of drug-likeness (QED) is 0.576. The lowest BCUT2D eigenvalue weighted by molar-refractivity contribution is 0.0800. The molecule has 1 fully saturated rings. The molecule has 0 aromatic carbocycles. The molecule has 0 aromatic heterocycles. The molecular formula is C11H21NOS. The van der Waals surface area contributed by atoms with Crippen molar-refractivity contribution in [2.75, 3.05) is 6.54 Å². The summed E-state index contributed by atoms with van der Waals surface area (Å²) < 4.78 is 5.70. The maximum absolute atomic E-state index is 5.70. The Kier molecular flexibility index (Phi) is 3.76. The van der Waals surface area contributed by atoms with Gasteiger partial charge in [0.2, 0.25) is 0 Å². The van der Waals surface area contributed by atoms with E-state index in [1.54, 1.807) is 0 Å². The van der Waals surface area contributed by atoms with Crippen molar-refractivity contribution in [2.24, 2.45) is 0 Å². The average Bonchev–Trinajstić information content (AvgIpc) is 2.01. The third-order valence-corrected chi connectivity index (χ3v) is 2.75. The second-order valence-corrected chi connectivity index (χ2v) is 5.37. The van der Waals surface area contributed by atoms with E-state index in [2.05, 4.69) is 11.8 Å². The Bertz CT molecular complexity index is 210. The van der Waals surface area contributed by atoms with E-state index >= 15 is 0 Å². The van der Waals surface area contributed by atoms with E-state index in [0.29, 0.717) is 11.2 Å². The normalized spacial score (nSPS) is 23.4. The van der Waals surface area contributed by atoms with Crippen LogP contribution in [-0.4, -0.2) is 28.3 Å². The molecule has 14 heavy (non-hydrogen) atoms. The summed E-state index contributed by atoms with van der Waals surface area (Å²) in [6, 6.07) is 0.540. The van der Waals surface area contributed by atoms with Gasteiger partial charge in [0.1, 0.15) is 5.60 Å². The highest BCUT2D eigenvalue weighted by Crippen LogP contribution is 2.19. The smallest absolute Gasteiger partial charge is 0.260 e. The van der Waals surface area contributed by atoms with Crippen molar-refractivity contribution < 1.29 is 4.74 Å². The summed E-state index contributed by atoms with van der Waals surface area (Å²) in [5, 5.41) is 0.671. The highest BCUT2D eigenvalue weighted by molar-refractivity contribution is 7.80. The number of likely N-dealkylation sites (tertiary alicyclic amines) is 1. The van der Waals surface area contributed by atoms with E-state index < -0.39 is 0 Å². The maximum Gasteiger partial charge on any atom is 0.260 e. The van der Waals surface area contributed by atoms with Crippen LogP contribution in [0.3, 0.4) is 0 Å². The van der Waals surface area contributed by atoms with Gasteiger partial charge in [0.05, 0.1) is 0 Å². The number of rotatable bonds is 0. The van der Waals surface area contributed by atoms with Crippen LogP contribution in [0, 0.1) is 0 Å². The summed E-state index contributed by atoms with van der Waals surface area (Å²) in [5.74, 6) is 0. The van der Waals surface area contributed by atoms with Crippen molar-refractivity contribution >= 4 is 17.4 Å². The van der Waals surface area contributed by atoms with Crippen LogP contribution in [0.1, 0.15) is 47.0 Å². The average molecular weight is 215 g/mol. The molecule has 0 radical (unpaired) electrons. The Balaban J connectivity index is 2.50. The van der Waals surface area contributed by atoms with Gasteiger partial charge in [0, 0.05) is 12.6 Å². The minimum absolute atomic E-state index is 0.172. The Hall–Kier alpha value is -0.310. The van der Waals surface area contributed by atoms with E-state index in [0.717, 1.165) is 6.54 Å². The van der Waals surface area contributed by atoms with Gasteiger partial charge in [-0.3, -0.25) is 0 Å². The van der Waals surface area contributed by atoms with Crippen molar-refractivity contribution in [2.45, 2.75) is 58.6 Å². The molecular weight excluding hydrogens is 194 g/mol. The first-order valence-electron chi connectivity index (χ1n) is 5.40. The zero-order valence-electron chi connectivity index (χ0n) is 9.67. The van der Waals surface area contributed by atoms with Gasteiger partial charge < -0.3 is 9.64 Å². The molecule has 1 saturated heterocycles. The minimum Gasteiger partial charge on any atom is -0.465 e. The number of nitrogens with zero attached hydrogens (tertiary/aromatic N) is 1. The number of ether oxygens (including phenoxy) is 1. The second-order valence-electron chi connectivity index (χ2n) is 5.02. The summed E-state index contributed by atoms with van der Waals surface area (Å²) in [6.45, 7) is 9.38. The van der Waals surface area contributed by atoms with E-state index in [1.165, 1.54) is 19.3 Å². The predicted octanol–water partition coefficient (Wildman–Crippen LogP) is 2.96. The zero-order chi connectivity index (χ0) is 10.8. The lowest BCUT2D eigenvalue weighted by Crippen LogP contribution is -2.44. The van der Waals surface area contributed by atoms with Gasteiger partial charge >= 0.3 is 0 Å². The number of thiocarbonyl (C=S) groups is 1. The first kappa shape index (κ1) is 11.8. The van der Waals surface area contributed by atoms with Gasteiger partial charge in [-0.1, -0.05) is 0 Å². The molecule has 1 unspecified atom stereocenters. The molecule has 0 aromatic rings. The van der Waals surface area contributed by atoms with Gasteiger partial charge in [-0.05, 0) is 59.2 Å². The van der Waals surface area contributed by atoms with E-state index in [9.17, 15) is 0 Å². The van der Waals surface area contributed by atoms with Gasteiger partial charge in [-0.2, -0.15) is 0 Å². The van der Waals surface area contributed by atoms with Crippen LogP contribution >= 0.6 is 12.2 Å². The predicted molar refractivity (Wildman–Crippen MR) is 63.5 cm³/mol. The largest absolute Gasteiger partial charge is 0.465 e. The van der Waals surface area contributed by atoms with Gasteiger partial charge in [0.25, 0.3) is 5.17 Å². The van der Waals surface area contributed by atoms with Crippen LogP contribution in [0.5, 0.6) is 0 Å². The molecule has 1 aliphatic heterocycles. The number of hydrogen-bond donors (Lipinski definition) is 0. The lowest BCUT2D eigenvalue weighted by Gasteiger charge is -2.37. The molecule has 2 nitrogen and oxygen atoms in total. The van der Waals surface area contributed by atoms with Gasteiger partial charge in [0.15, 0.2) is 0 Å². The van der Waals surface area contributed by atoms with Crippen LogP contribution in [0.15, 0.2) is 0 Å². The fraction of sp³-hybridized carbons (Fsp3) is 0.909. The monoisotopic (exact) mass is 215 g/mol. The fourth-order valence-corrected chi connectivity index (χ4v) is 2.21. The minimum atomic E-state index is -0.172. The Morgan fingerprint density at radius 3 is 2.50 bits per heavy atom. The molecule has 0 bridgehead atoms. The van der Waals surface area contributed by atoms with Crippen LogP contribution in [-0.2, 0) is 4.74 Å². The van der Waals surface area contributed by atoms with Crippen molar-refractivity contribution in [1.29, 1.82) is 0 Å². The van der Waals surface area contributed by atoms with E-state index in [1.807, 2.05) is 20.8 Å². The molecule has 82 valence electrons. The third kappa shape index (κ3) is 3.45. The first-order valence-corrected chi connectivity index (χ1v) is 5.80. The summed E-state index contributed by atoms with van der Waals surface area (Å²) in [7, 11) is 0. The molecule has 1 rings (SSSR count). The summed E-state index contributed by atoms with van der Waals surface area (Å²) in [6.07, 6.45) is 3.78. The van der Waals surface area contributed by atoms with Crippen molar-refractivity contribution in [1.82, 2.24) is 4.90 Å². The van der Waals surface area contributed by atoms with Crippen LogP contribution in [0.25, 0.3) is 0 Å². The Labute approximate surface area is 92.6 Å². The van der Waals surface area contributed by atoms with Crippen molar-refractivity contribution in [3.05, 3.63) is 0 Å². The lowest BCUT2D eigenvalue weighted by atomic mass is 10.0. The zero-order valence-corrected chi connectivity index (χ0v) is 10.5. The highest BCUT2D eigenvalue weighted by Gasteiger charge is 2.24. The highest BCUT2D eigenvalue weighted by atomic mass is 32.1. The molecule has 0 amide bonds. The van der Waals surface area contributed by atoms with Crippen LogP contribution < -0.4 is 0 Å². The van der Waals surface area contributed by atoms with E-state index in [4.69, 9.17) is 17.0 Å². The summed E-state index contributed by atoms with van der Waals surface area (Å²) in [5.41, 5.74) is -0.172. The summed E-state index contributed by atoms with van der Waals surface area (Å²) in [4.78, 5) is 2.21. The fourth-order valence-electron chi connectivity index (χ4n) is 1.69. The number of hydrogen-bond acceptors (Lipinski definition) is 2.